The minimum Gasteiger partial charge on any atom is -0.450 e. The Labute approximate surface area is 153 Å². The van der Waals surface area contributed by atoms with Gasteiger partial charge in [-0.3, -0.25) is 14.6 Å². The first-order valence-corrected chi connectivity index (χ1v) is 9.02. The minimum atomic E-state index is -0.358. The molecule has 1 saturated heterocycles. The zero-order valence-corrected chi connectivity index (χ0v) is 15.4. The second-order valence-corrected chi connectivity index (χ2v) is 6.02. The van der Waals surface area contributed by atoms with Crippen LogP contribution in [0.2, 0.25) is 0 Å². The highest BCUT2D eigenvalue weighted by molar-refractivity contribution is 5.98. The summed E-state index contributed by atoms with van der Waals surface area (Å²) in [4.78, 5) is 43.8. The molecule has 0 spiro atoms. The quantitative estimate of drug-likeness (QED) is 0.775. The monoisotopic (exact) mass is 362 g/mol. The molecule has 142 valence electrons. The summed E-state index contributed by atoms with van der Waals surface area (Å²) in [5, 5.41) is 2.83. The second kappa shape index (κ2) is 9.74. The van der Waals surface area contributed by atoms with E-state index in [1.165, 1.54) is 12.3 Å². The summed E-state index contributed by atoms with van der Waals surface area (Å²) in [6.45, 7) is 6.40. The maximum Gasteiger partial charge on any atom is 0.409 e. The van der Waals surface area contributed by atoms with E-state index >= 15 is 0 Å². The normalized spacial score (nSPS) is 14.1. The number of nitrogens with zero attached hydrogens (tertiary/aromatic N) is 3. The lowest BCUT2D eigenvalue weighted by Crippen LogP contribution is -2.50. The van der Waals surface area contributed by atoms with Crippen molar-refractivity contribution in [2.45, 2.75) is 26.7 Å². The predicted molar refractivity (Wildman–Crippen MR) is 96.0 cm³/mol. The van der Waals surface area contributed by atoms with Crippen LogP contribution >= 0.6 is 0 Å². The third-order valence-electron chi connectivity index (χ3n) is 4.15. The van der Waals surface area contributed by atoms with Crippen molar-refractivity contribution < 1.29 is 19.1 Å². The zero-order valence-electron chi connectivity index (χ0n) is 15.4. The molecule has 1 aliphatic heterocycles. The van der Waals surface area contributed by atoms with Crippen molar-refractivity contribution in [3.05, 3.63) is 29.6 Å². The number of rotatable bonds is 6. The fourth-order valence-electron chi connectivity index (χ4n) is 2.64. The summed E-state index contributed by atoms with van der Waals surface area (Å²) in [5.74, 6) is -0.446. The Balaban J connectivity index is 1.95. The van der Waals surface area contributed by atoms with Crippen molar-refractivity contribution in [1.29, 1.82) is 0 Å². The molecular weight excluding hydrogens is 336 g/mol. The van der Waals surface area contributed by atoms with Gasteiger partial charge in [-0.05, 0) is 25.5 Å². The van der Waals surface area contributed by atoms with Crippen LogP contribution in [0.4, 0.5) is 4.79 Å². The third-order valence-corrected chi connectivity index (χ3v) is 4.15. The van der Waals surface area contributed by atoms with Crippen molar-refractivity contribution in [3.8, 4) is 0 Å². The van der Waals surface area contributed by atoms with E-state index in [0.29, 0.717) is 44.9 Å². The Morgan fingerprint density at radius 2 is 1.85 bits per heavy atom. The number of pyridine rings is 1. The zero-order chi connectivity index (χ0) is 18.9. The standard InChI is InChI=1S/C18H26N4O4/c1-3-5-7-20-16(23)14-6-8-19-15(13-14)17(24)21-9-11-22(12-10-21)18(25)26-4-2/h6,8,13H,3-5,7,9-12H2,1-2H3,(H,20,23). The van der Waals surface area contributed by atoms with Crippen molar-refractivity contribution in [1.82, 2.24) is 20.1 Å². The lowest BCUT2D eigenvalue weighted by molar-refractivity contribution is 0.0566. The van der Waals surface area contributed by atoms with Gasteiger partial charge in [0.2, 0.25) is 0 Å². The van der Waals surface area contributed by atoms with Gasteiger partial charge < -0.3 is 19.9 Å². The van der Waals surface area contributed by atoms with Crippen LogP contribution < -0.4 is 5.32 Å². The van der Waals surface area contributed by atoms with Gasteiger partial charge in [0.15, 0.2) is 0 Å². The Hall–Kier alpha value is -2.64. The smallest absolute Gasteiger partial charge is 0.409 e. The van der Waals surface area contributed by atoms with E-state index in [2.05, 4.69) is 17.2 Å². The first-order chi connectivity index (χ1) is 12.6. The molecule has 1 N–H and O–H groups in total. The molecular formula is C18H26N4O4. The van der Waals surface area contributed by atoms with Crippen molar-refractivity contribution in [2.75, 3.05) is 39.3 Å². The molecule has 0 aliphatic carbocycles. The van der Waals surface area contributed by atoms with Gasteiger partial charge >= 0.3 is 6.09 Å². The van der Waals surface area contributed by atoms with Gasteiger partial charge in [-0.1, -0.05) is 13.3 Å². The summed E-state index contributed by atoms with van der Waals surface area (Å²) >= 11 is 0. The molecule has 0 atom stereocenters. The predicted octanol–water partition coefficient (Wildman–Crippen LogP) is 1.53. The van der Waals surface area contributed by atoms with Crippen LogP contribution in [0.15, 0.2) is 18.3 Å². The van der Waals surface area contributed by atoms with Gasteiger partial charge in [0.25, 0.3) is 11.8 Å². The lowest BCUT2D eigenvalue weighted by Gasteiger charge is -2.33. The Kier molecular flexibility index (Phi) is 7.37. The molecule has 2 rings (SSSR count). The summed E-state index contributed by atoms with van der Waals surface area (Å²) in [7, 11) is 0. The van der Waals surface area contributed by atoms with Crippen LogP contribution in [-0.4, -0.2) is 72.0 Å². The molecule has 8 nitrogen and oxygen atoms in total. The number of hydrogen-bond donors (Lipinski definition) is 1. The lowest BCUT2D eigenvalue weighted by atomic mass is 10.2. The molecule has 1 aliphatic rings. The molecule has 1 aromatic heterocycles. The summed E-state index contributed by atoms with van der Waals surface area (Å²) < 4.78 is 4.97. The first kappa shape index (κ1) is 19.7. The molecule has 26 heavy (non-hydrogen) atoms. The number of unbranched alkanes of at least 4 members (excludes halogenated alkanes) is 1. The van der Waals surface area contributed by atoms with Crippen LogP contribution in [0.3, 0.4) is 0 Å². The summed E-state index contributed by atoms with van der Waals surface area (Å²) in [6, 6.07) is 3.11. The van der Waals surface area contributed by atoms with E-state index in [-0.39, 0.29) is 23.6 Å². The number of aromatic nitrogens is 1. The summed E-state index contributed by atoms with van der Waals surface area (Å²) in [5.41, 5.74) is 0.655. The molecule has 8 heteroatoms. The van der Waals surface area contributed by atoms with E-state index in [9.17, 15) is 14.4 Å². The van der Waals surface area contributed by atoms with Gasteiger partial charge in [-0.15, -0.1) is 0 Å². The molecule has 0 radical (unpaired) electrons. The van der Waals surface area contributed by atoms with E-state index in [1.54, 1.807) is 22.8 Å². The highest BCUT2D eigenvalue weighted by atomic mass is 16.6. The highest BCUT2D eigenvalue weighted by Gasteiger charge is 2.26. The first-order valence-electron chi connectivity index (χ1n) is 9.02. The van der Waals surface area contributed by atoms with Gasteiger partial charge in [0.1, 0.15) is 5.69 Å². The van der Waals surface area contributed by atoms with Crippen LogP contribution in [0.5, 0.6) is 0 Å². The molecule has 0 unspecified atom stereocenters. The number of amides is 3. The Morgan fingerprint density at radius 1 is 1.15 bits per heavy atom. The van der Waals surface area contributed by atoms with Crippen molar-refractivity contribution in [2.24, 2.45) is 0 Å². The van der Waals surface area contributed by atoms with Gasteiger partial charge in [0.05, 0.1) is 6.61 Å². The maximum atomic E-state index is 12.6. The molecule has 1 aromatic rings. The number of nitrogens with one attached hydrogen (secondary N) is 1. The molecule has 0 saturated carbocycles. The number of carbonyl (C=O) groups excluding carboxylic acids is 3. The van der Waals surface area contributed by atoms with E-state index in [4.69, 9.17) is 4.74 Å². The second-order valence-electron chi connectivity index (χ2n) is 6.02. The van der Waals surface area contributed by atoms with Crippen molar-refractivity contribution in [3.63, 3.8) is 0 Å². The molecule has 0 bridgehead atoms. The van der Waals surface area contributed by atoms with Crippen LogP contribution in [-0.2, 0) is 4.74 Å². The van der Waals surface area contributed by atoms with E-state index in [1.807, 2.05) is 0 Å². The largest absolute Gasteiger partial charge is 0.450 e. The molecule has 2 heterocycles. The average molecular weight is 362 g/mol. The van der Waals surface area contributed by atoms with E-state index < -0.39 is 0 Å². The van der Waals surface area contributed by atoms with Gasteiger partial charge in [0, 0.05) is 44.5 Å². The van der Waals surface area contributed by atoms with Crippen LogP contribution in [0.25, 0.3) is 0 Å². The Bertz CT molecular complexity index is 642. The average Bonchev–Trinajstić information content (AvgIpc) is 2.68. The number of piperazine rings is 1. The summed E-state index contributed by atoms with van der Waals surface area (Å²) in [6.07, 6.45) is 3.02. The van der Waals surface area contributed by atoms with Crippen molar-refractivity contribution >= 4 is 17.9 Å². The fourth-order valence-corrected chi connectivity index (χ4v) is 2.64. The molecule has 0 aromatic carbocycles. The fraction of sp³-hybridized carbons (Fsp3) is 0.556. The van der Waals surface area contributed by atoms with Crippen LogP contribution in [0.1, 0.15) is 47.5 Å². The number of hydrogen-bond acceptors (Lipinski definition) is 5. The number of carbonyl (C=O) groups is 3. The van der Waals surface area contributed by atoms with Gasteiger partial charge in [-0.25, -0.2) is 4.79 Å². The van der Waals surface area contributed by atoms with Gasteiger partial charge in [-0.2, -0.15) is 0 Å². The minimum absolute atomic E-state index is 0.206. The molecule has 3 amide bonds. The van der Waals surface area contributed by atoms with Crippen LogP contribution in [0, 0.1) is 0 Å². The highest BCUT2D eigenvalue weighted by Crippen LogP contribution is 2.10. The van der Waals surface area contributed by atoms with E-state index in [0.717, 1.165) is 12.8 Å². The SMILES string of the molecule is CCCCNC(=O)c1ccnc(C(=O)N2CCN(C(=O)OCC)CC2)c1. The maximum absolute atomic E-state index is 12.6. The third kappa shape index (κ3) is 5.18. The topological polar surface area (TPSA) is 91.8 Å². The Morgan fingerprint density at radius 3 is 2.50 bits per heavy atom. The molecule has 1 fully saturated rings. The number of ether oxygens (including phenoxy) is 1.